The largest absolute Gasteiger partial charge is 0.489 e. The molecular weight excluding hydrogens is 288 g/mol. The monoisotopic (exact) mass is 310 g/mol. The fourth-order valence-electron chi connectivity index (χ4n) is 2.00. The van der Waals surface area contributed by atoms with E-state index in [1.165, 1.54) is 0 Å². The quantitative estimate of drug-likeness (QED) is 0.551. The number of carbonyl (C=O) groups is 1. The SMILES string of the molecule is C=CCNCCC(=O)Nc1ccc(OCc2ccccc2)cc1. The van der Waals surface area contributed by atoms with Gasteiger partial charge in [-0.15, -0.1) is 6.58 Å². The Morgan fingerprint density at radius 2 is 1.83 bits per heavy atom. The zero-order chi connectivity index (χ0) is 16.3. The summed E-state index contributed by atoms with van der Waals surface area (Å²) in [5.41, 5.74) is 1.89. The van der Waals surface area contributed by atoms with Gasteiger partial charge in [-0.1, -0.05) is 36.4 Å². The minimum Gasteiger partial charge on any atom is -0.489 e. The van der Waals surface area contributed by atoms with Crippen LogP contribution < -0.4 is 15.4 Å². The molecule has 0 saturated heterocycles. The Bertz CT molecular complexity index is 609. The van der Waals surface area contributed by atoms with Gasteiger partial charge in [0.2, 0.25) is 5.91 Å². The van der Waals surface area contributed by atoms with Crippen LogP contribution in [-0.4, -0.2) is 19.0 Å². The third-order valence-electron chi connectivity index (χ3n) is 3.20. The number of hydrogen-bond donors (Lipinski definition) is 2. The molecular formula is C19H22N2O2. The van der Waals surface area contributed by atoms with Crippen LogP contribution in [0.15, 0.2) is 67.3 Å². The molecule has 0 aliphatic heterocycles. The van der Waals surface area contributed by atoms with Crippen molar-refractivity contribution >= 4 is 11.6 Å². The van der Waals surface area contributed by atoms with Crippen LogP contribution >= 0.6 is 0 Å². The predicted molar refractivity (Wildman–Crippen MR) is 93.5 cm³/mol. The summed E-state index contributed by atoms with van der Waals surface area (Å²) in [5.74, 6) is 0.763. The molecule has 0 unspecified atom stereocenters. The molecule has 0 heterocycles. The van der Waals surface area contributed by atoms with Crippen molar-refractivity contribution < 1.29 is 9.53 Å². The van der Waals surface area contributed by atoms with E-state index in [1.54, 1.807) is 6.08 Å². The van der Waals surface area contributed by atoms with Crippen molar-refractivity contribution in [2.75, 3.05) is 18.4 Å². The summed E-state index contributed by atoms with van der Waals surface area (Å²) in [5, 5.41) is 5.95. The number of anilines is 1. The van der Waals surface area contributed by atoms with Crippen LogP contribution in [0, 0.1) is 0 Å². The van der Waals surface area contributed by atoms with Gasteiger partial charge in [-0.25, -0.2) is 0 Å². The molecule has 0 bridgehead atoms. The Kier molecular flexibility index (Phi) is 6.88. The molecule has 0 atom stereocenters. The molecule has 0 aliphatic carbocycles. The Morgan fingerprint density at radius 1 is 1.09 bits per heavy atom. The lowest BCUT2D eigenvalue weighted by molar-refractivity contribution is -0.116. The summed E-state index contributed by atoms with van der Waals surface area (Å²) in [7, 11) is 0. The van der Waals surface area contributed by atoms with Crippen molar-refractivity contribution in [1.29, 1.82) is 0 Å². The first-order valence-electron chi connectivity index (χ1n) is 7.66. The zero-order valence-electron chi connectivity index (χ0n) is 13.1. The minimum absolute atomic E-state index is 0.0143. The second kappa shape index (κ2) is 9.43. The van der Waals surface area contributed by atoms with Gasteiger partial charge in [0.05, 0.1) is 0 Å². The lowest BCUT2D eigenvalue weighted by Gasteiger charge is -2.08. The van der Waals surface area contributed by atoms with Gasteiger partial charge in [0.1, 0.15) is 12.4 Å². The normalized spacial score (nSPS) is 10.1. The van der Waals surface area contributed by atoms with E-state index in [-0.39, 0.29) is 5.91 Å². The molecule has 23 heavy (non-hydrogen) atoms. The fraction of sp³-hybridized carbons (Fsp3) is 0.211. The maximum absolute atomic E-state index is 11.8. The van der Waals surface area contributed by atoms with Gasteiger partial charge in [0, 0.05) is 25.2 Å². The van der Waals surface area contributed by atoms with Gasteiger partial charge in [0.15, 0.2) is 0 Å². The van der Waals surface area contributed by atoms with Gasteiger partial charge in [-0.2, -0.15) is 0 Å². The van der Waals surface area contributed by atoms with Crippen molar-refractivity contribution in [3.8, 4) is 5.75 Å². The summed E-state index contributed by atoms with van der Waals surface area (Å²) >= 11 is 0. The van der Waals surface area contributed by atoms with E-state index in [4.69, 9.17) is 4.74 Å². The molecule has 0 aliphatic rings. The summed E-state index contributed by atoms with van der Waals surface area (Å²) in [6.07, 6.45) is 2.20. The first-order valence-corrected chi connectivity index (χ1v) is 7.66. The van der Waals surface area contributed by atoms with Crippen molar-refractivity contribution in [2.24, 2.45) is 0 Å². The number of benzene rings is 2. The predicted octanol–water partition coefficient (Wildman–Crippen LogP) is 3.37. The van der Waals surface area contributed by atoms with Crippen molar-refractivity contribution in [2.45, 2.75) is 13.0 Å². The van der Waals surface area contributed by atoms with E-state index in [0.29, 0.717) is 26.1 Å². The van der Waals surface area contributed by atoms with Gasteiger partial charge in [-0.05, 0) is 29.8 Å². The van der Waals surface area contributed by atoms with Crippen LogP contribution in [0.1, 0.15) is 12.0 Å². The molecule has 2 aromatic carbocycles. The first kappa shape index (κ1) is 16.8. The highest BCUT2D eigenvalue weighted by Crippen LogP contribution is 2.17. The second-order valence-electron chi connectivity index (χ2n) is 5.09. The molecule has 4 nitrogen and oxygen atoms in total. The molecule has 0 fully saturated rings. The lowest BCUT2D eigenvalue weighted by atomic mass is 10.2. The fourth-order valence-corrected chi connectivity index (χ4v) is 2.00. The molecule has 4 heteroatoms. The van der Waals surface area contributed by atoms with Crippen LogP contribution in [0.5, 0.6) is 5.75 Å². The highest BCUT2D eigenvalue weighted by atomic mass is 16.5. The van der Waals surface area contributed by atoms with E-state index in [1.807, 2.05) is 54.6 Å². The molecule has 0 saturated carbocycles. The summed E-state index contributed by atoms with van der Waals surface area (Å²) < 4.78 is 5.71. The van der Waals surface area contributed by atoms with E-state index < -0.39 is 0 Å². The molecule has 2 rings (SSSR count). The van der Waals surface area contributed by atoms with Gasteiger partial charge < -0.3 is 15.4 Å². The van der Waals surface area contributed by atoms with Crippen LogP contribution in [0.3, 0.4) is 0 Å². The minimum atomic E-state index is -0.0143. The Balaban J connectivity index is 1.75. The number of rotatable bonds is 9. The summed E-state index contributed by atoms with van der Waals surface area (Å²) in [6, 6.07) is 17.4. The Hall–Kier alpha value is -2.59. The maximum atomic E-state index is 11.8. The molecule has 1 amide bonds. The topological polar surface area (TPSA) is 50.4 Å². The summed E-state index contributed by atoms with van der Waals surface area (Å²) in [6.45, 7) is 5.49. The first-order chi connectivity index (χ1) is 11.3. The molecule has 120 valence electrons. The summed E-state index contributed by atoms with van der Waals surface area (Å²) in [4.78, 5) is 11.8. The van der Waals surface area contributed by atoms with E-state index in [2.05, 4.69) is 17.2 Å². The highest BCUT2D eigenvalue weighted by Gasteiger charge is 2.02. The van der Waals surface area contributed by atoms with Gasteiger partial charge >= 0.3 is 0 Å². The van der Waals surface area contributed by atoms with Gasteiger partial charge in [0.25, 0.3) is 0 Å². The third-order valence-corrected chi connectivity index (χ3v) is 3.20. The number of carbonyl (C=O) groups excluding carboxylic acids is 1. The molecule has 0 spiro atoms. The van der Waals surface area contributed by atoms with Crippen molar-refractivity contribution in [3.63, 3.8) is 0 Å². The second-order valence-corrected chi connectivity index (χ2v) is 5.09. The van der Waals surface area contributed by atoms with Gasteiger partial charge in [-0.3, -0.25) is 4.79 Å². The van der Waals surface area contributed by atoms with Crippen LogP contribution in [0.25, 0.3) is 0 Å². The van der Waals surface area contributed by atoms with Crippen molar-refractivity contribution in [1.82, 2.24) is 5.32 Å². The van der Waals surface area contributed by atoms with E-state index in [0.717, 1.165) is 17.0 Å². The zero-order valence-corrected chi connectivity index (χ0v) is 13.1. The average molecular weight is 310 g/mol. The Morgan fingerprint density at radius 3 is 2.52 bits per heavy atom. The number of amides is 1. The molecule has 2 N–H and O–H groups in total. The number of nitrogens with one attached hydrogen (secondary N) is 2. The number of ether oxygens (including phenoxy) is 1. The Labute approximate surface area is 137 Å². The van der Waals surface area contributed by atoms with Crippen LogP contribution in [0.4, 0.5) is 5.69 Å². The van der Waals surface area contributed by atoms with E-state index in [9.17, 15) is 4.79 Å². The van der Waals surface area contributed by atoms with E-state index >= 15 is 0 Å². The standard InChI is InChI=1S/C19H22N2O2/c1-2-13-20-14-12-19(22)21-17-8-10-18(11-9-17)23-15-16-6-4-3-5-7-16/h2-11,20H,1,12-15H2,(H,21,22). The van der Waals surface area contributed by atoms with Crippen LogP contribution in [0.2, 0.25) is 0 Å². The van der Waals surface area contributed by atoms with Crippen molar-refractivity contribution in [3.05, 3.63) is 72.8 Å². The average Bonchev–Trinajstić information content (AvgIpc) is 2.59. The van der Waals surface area contributed by atoms with Crippen LogP contribution in [-0.2, 0) is 11.4 Å². The smallest absolute Gasteiger partial charge is 0.225 e. The lowest BCUT2D eigenvalue weighted by Crippen LogP contribution is -2.21. The highest BCUT2D eigenvalue weighted by molar-refractivity contribution is 5.90. The third kappa shape index (κ3) is 6.36. The molecule has 2 aromatic rings. The number of hydrogen-bond acceptors (Lipinski definition) is 3. The molecule has 0 radical (unpaired) electrons. The molecule has 0 aromatic heterocycles. The maximum Gasteiger partial charge on any atom is 0.225 e.